The number of furan rings is 1. The van der Waals surface area contributed by atoms with Crippen LogP contribution in [-0.2, 0) is 0 Å². The minimum absolute atomic E-state index is 0.588. The van der Waals surface area contributed by atoms with Crippen LogP contribution >= 0.6 is 0 Å². The van der Waals surface area contributed by atoms with E-state index in [1.54, 1.807) is 0 Å². The number of fused-ring (bicyclic) bond motifs is 6. The fourth-order valence-electron chi connectivity index (χ4n) is 8.02. The maximum absolute atomic E-state index is 6.73. The Bertz CT molecular complexity index is 3260. The molecule has 266 valence electrons. The molecule has 0 amide bonds. The molecule has 0 saturated heterocycles. The van der Waals surface area contributed by atoms with Crippen molar-refractivity contribution >= 4 is 43.5 Å². The quantitative estimate of drug-likeness (QED) is 0.171. The number of rotatable bonds is 6. The van der Waals surface area contributed by atoms with E-state index in [1.165, 1.54) is 32.8 Å². The van der Waals surface area contributed by atoms with Gasteiger partial charge in [0.1, 0.15) is 11.2 Å². The predicted molar refractivity (Wildman–Crippen MR) is 235 cm³/mol. The van der Waals surface area contributed by atoms with Gasteiger partial charge in [-0.25, -0.2) is 15.0 Å². The predicted octanol–water partition coefficient (Wildman–Crippen LogP) is 14.1. The second-order valence-electron chi connectivity index (χ2n) is 14.4. The van der Waals surface area contributed by atoms with Crippen LogP contribution in [0.1, 0.15) is 0 Å². The molecule has 0 aliphatic carbocycles. The molecule has 0 spiro atoms. The molecule has 0 aliphatic rings. The van der Waals surface area contributed by atoms with Crippen molar-refractivity contribution in [1.82, 2.24) is 15.0 Å². The Morgan fingerprint density at radius 3 is 1.49 bits per heavy atom. The summed E-state index contributed by atoms with van der Waals surface area (Å²) in [5.41, 5.74) is 11.3. The SMILES string of the molecule is c1ccc(-c2ccc(-c3nc(-c4ccccc4)nc(-c4ccc5c(c4)oc4cc(-c6ccc(-c7ccc8ccccc8c7)cc6)c6ccccc6c45)n3)cc2)cc1. The van der Waals surface area contributed by atoms with Gasteiger partial charge in [-0.05, 0) is 79.2 Å². The minimum atomic E-state index is 0.588. The van der Waals surface area contributed by atoms with E-state index >= 15 is 0 Å². The first-order valence-corrected chi connectivity index (χ1v) is 19.2. The Morgan fingerprint density at radius 1 is 0.281 bits per heavy atom. The smallest absolute Gasteiger partial charge is 0.164 e. The van der Waals surface area contributed by atoms with Crippen LogP contribution in [0, 0.1) is 0 Å². The van der Waals surface area contributed by atoms with Crippen LogP contribution in [0.25, 0.3) is 111 Å². The topological polar surface area (TPSA) is 51.8 Å². The van der Waals surface area contributed by atoms with Gasteiger partial charge in [-0.2, -0.15) is 0 Å². The number of hydrogen-bond acceptors (Lipinski definition) is 4. The largest absolute Gasteiger partial charge is 0.456 e. The van der Waals surface area contributed by atoms with Crippen LogP contribution in [0.4, 0.5) is 0 Å². The van der Waals surface area contributed by atoms with Gasteiger partial charge in [0.25, 0.3) is 0 Å². The Kier molecular flexibility index (Phi) is 7.78. The van der Waals surface area contributed by atoms with E-state index in [0.29, 0.717) is 17.5 Å². The molecule has 0 bridgehead atoms. The van der Waals surface area contributed by atoms with E-state index in [1.807, 2.05) is 36.4 Å². The number of benzene rings is 9. The molecule has 0 saturated carbocycles. The van der Waals surface area contributed by atoms with Crippen LogP contribution in [0.5, 0.6) is 0 Å². The first kappa shape index (κ1) is 32.7. The van der Waals surface area contributed by atoms with Gasteiger partial charge in [0.2, 0.25) is 0 Å². The molecule has 0 aliphatic heterocycles. The highest BCUT2D eigenvalue weighted by atomic mass is 16.3. The molecule has 0 radical (unpaired) electrons. The van der Waals surface area contributed by atoms with Crippen molar-refractivity contribution in [2.45, 2.75) is 0 Å². The molecule has 0 fully saturated rings. The molecular formula is C53H33N3O. The average Bonchev–Trinajstić information content (AvgIpc) is 3.67. The molecule has 4 heteroatoms. The second-order valence-corrected chi connectivity index (χ2v) is 14.4. The van der Waals surface area contributed by atoms with Crippen LogP contribution in [0.2, 0.25) is 0 Å². The van der Waals surface area contributed by atoms with Crippen LogP contribution in [-0.4, -0.2) is 15.0 Å². The lowest BCUT2D eigenvalue weighted by molar-refractivity contribution is 0.669. The third-order valence-corrected chi connectivity index (χ3v) is 10.9. The van der Waals surface area contributed by atoms with E-state index in [9.17, 15) is 0 Å². The number of aromatic nitrogens is 3. The molecule has 2 heterocycles. The third kappa shape index (κ3) is 5.92. The van der Waals surface area contributed by atoms with Gasteiger partial charge < -0.3 is 4.42 Å². The van der Waals surface area contributed by atoms with E-state index in [2.05, 4.69) is 164 Å². The van der Waals surface area contributed by atoms with E-state index < -0.39 is 0 Å². The Balaban J connectivity index is 1.00. The Labute approximate surface area is 329 Å². The monoisotopic (exact) mass is 727 g/mol. The summed E-state index contributed by atoms with van der Waals surface area (Å²) in [6.45, 7) is 0. The van der Waals surface area contributed by atoms with Crippen LogP contribution < -0.4 is 0 Å². The van der Waals surface area contributed by atoms with Crippen molar-refractivity contribution in [3.63, 3.8) is 0 Å². The van der Waals surface area contributed by atoms with E-state index in [4.69, 9.17) is 19.4 Å². The number of hydrogen-bond donors (Lipinski definition) is 0. The zero-order chi connectivity index (χ0) is 37.7. The molecule has 2 aromatic heterocycles. The normalized spacial score (nSPS) is 11.5. The molecule has 0 unspecified atom stereocenters. The van der Waals surface area contributed by atoms with Crippen molar-refractivity contribution in [2.24, 2.45) is 0 Å². The Hall–Kier alpha value is -7.69. The van der Waals surface area contributed by atoms with E-state index in [0.717, 1.165) is 60.7 Å². The summed E-state index contributed by atoms with van der Waals surface area (Å²) in [6.07, 6.45) is 0. The summed E-state index contributed by atoms with van der Waals surface area (Å²) in [5, 5.41) is 6.98. The lowest BCUT2D eigenvalue weighted by Crippen LogP contribution is -2.00. The molecule has 9 aromatic carbocycles. The highest BCUT2D eigenvalue weighted by molar-refractivity contribution is 6.22. The first-order chi connectivity index (χ1) is 28.2. The number of nitrogens with zero attached hydrogens (tertiary/aromatic N) is 3. The van der Waals surface area contributed by atoms with Gasteiger partial charge in [0, 0.05) is 27.5 Å². The van der Waals surface area contributed by atoms with Crippen molar-refractivity contribution in [3.8, 4) is 67.5 Å². The van der Waals surface area contributed by atoms with Crippen molar-refractivity contribution in [1.29, 1.82) is 0 Å². The summed E-state index contributed by atoms with van der Waals surface area (Å²) in [6, 6.07) is 70.0. The molecule has 0 N–H and O–H groups in total. The van der Waals surface area contributed by atoms with Crippen LogP contribution in [0.15, 0.2) is 205 Å². The van der Waals surface area contributed by atoms with Gasteiger partial charge >= 0.3 is 0 Å². The Morgan fingerprint density at radius 2 is 0.772 bits per heavy atom. The van der Waals surface area contributed by atoms with Gasteiger partial charge in [0.05, 0.1) is 0 Å². The van der Waals surface area contributed by atoms with Crippen LogP contribution in [0.3, 0.4) is 0 Å². The highest BCUT2D eigenvalue weighted by Crippen LogP contribution is 2.41. The van der Waals surface area contributed by atoms with E-state index in [-0.39, 0.29) is 0 Å². The maximum atomic E-state index is 6.73. The van der Waals surface area contributed by atoms with Gasteiger partial charge in [0.15, 0.2) is 17.5 Å². The lowest BCUT2D eigenvalue weighted by Gasteiger charge is -2.10. The minimum Gasteiger partial charge on any atom is -0.456 e. The molecule has 11 aromatic rings. The van der Waals surface area contributed by atoms with Gasteiger partial charge in [-0.1, -0.05) is 176 Å². The maximum Gasteiger partial charge on any atom is 0.164 e. The zero-order valence-electron chi connectivity index (χ0n) is 30.8. The average molecular weight is 728 g/mol. The van der Waals surface area contributed by atoms with Gasteiger partial charge in [-0.15, -0.1) is 0 Å². The molecule has 0 atom stereocenters. The molecular weight excluding hydrogens is 695 g/mol. The second kappa shape index (κ2) is 13.6. The fraction of sp³-hybridized carbons (Fsp3) is 0. The molecule has 57 heavy (non-hydrogen) atoms. The molecule has 4 nitrogen and oxygen atoms in total. The van der Waals surface area contributed by atoms with Crippen molar-refractivity contribution < 1.29 is 4.42 Å². The standard InChI is InChI=1S/C53H33N3O/c1-3-11-34(12-4-1)36-21-26-40(27-22-36)52-54-51(39-14-5-2-6-15-39)55-53(56-52)43-29-30-46-48(32-43)57-49-33-47(44-17-9-10-18-45(44)50(46)49)38-24-19-37(20-25-38)42-28-23-35-13-7-8-16-41(35)31-42/h1-33H. The highest BCUT2D eigenvalue weighted by Gasteiger charge is 2.18. The van der Waals surface area contributed by atoms with Crippen molar-refractivity contribution in [3.05, 3.63) is 200 Å². The lowest BCUT2D eigenvalue weighted by atomic mass is 9.93. The fourth-order valence-corrected chi connectivity index (χ4v) is 8.02. The summed E-state index contributed by atoms with van der Waals surface area (Å²) in [7, 11) is 0. The summed E-state index contributed by atoms with van der Waals surface area (Å²) < 4.78 is 6.73. The summed E-state index contributed by atoms with van der Waals surface area (Å²) in [5.74, 6) is 1.82. The zero-order valence-corrected chi connectivity index (χ0v) is 30.8. The van der Waals surface area contributed by atoms with Gasteiger partial charge in [-0.3, -0.25) is 0 Å². The molecule has 11 rings (SSSR count). The summed E-state index contributed by atoms with van der Waals surface area (Å²) >= 11 is 0. The first-order valence-electron chi connectivity index (χ1n) is 19.2. The van der Waals surface area contributed by atoms with Crippen molar-refractivity contribution in [2.75, 3.05) is 0 Å². The summed E-state index contributed by atoms with van der Waals surface area (Å²) in [4.78, 5) is 15.0. The third-order valence-electron chi connectivity index (χ3n) is 10.9.